The average Bonchev–Trinajstić information content (AvgIpc) is 2.49. The molecule has 0 saturated heterocycles. The Morgan fingerprint density at radius 3 is 2.68 bits per heavy atom. The number of benzene rings is 1. The summed E-state index contributed by atoms with van der Waals surface area (Å²) in [5, 5.41) is 0. The summed E-state index contributed by atoms with van der Waals surface area (Å²) >= 11 is 0. The van der Waals surface area contributed by atoms with Crippen LogP contribution >= 0.6 is 0 Å². The van der Waals surface area contributed by atoms with Gasteiger partial charge in [-0.15, -0.1) is 0 Å². The van der Waals surface area contributed by atoms with Gasteiger partial charge >= 0.3 is 0 Å². The maximum absolute atomic E-state index is 12.2. The monoisotopic (exact) mass is 277 g/mol. The molecule has 1 aromatic carbocycles. The Kier molecular flexibility index (Phi) is 4.26. The molecule has 0 saturated carbocycles. The van der Waals surface area contributed by atoms with E-state index in [2.05, 4.69) is 35.6 Å². The zero-order chi connectivity index (χ0) is 14.0. The molecule has 19 heavy (non-hydrogen) atoms. The zero-order valence-corrected chi connectivity index (χ0v) is 12.8. The third kappa shape index (κ3) is 3.54. The van der Waals surface area contributed by atoms with E-state index in [1.54, 1.807) is 0 Å². The van der Waals surface area contributed by atoms with Crippen molar-refractivity contribution in [2.45, 2.75) is 50.8 Å². The molecule has 2 nitrogen and oxygen atoms in total. The van der Waals surface area contributed by atoms with Gasteiger partial charge < -0.3 is 0 Å². The van der Waals surface area contributed by atoms with E-state index in [-0.39, 0.29) is 10.8 Å². The summed E-state index contributed by atoms with van der Waals surface area (Å²) in [5.41, 5.74) is 3.78. The standard InChI is InChI=1S/C16H23NOS/c1-12-11-14(17-19(18)16(2,3)4)10-9-13-7-5-6-8-15(12)13/h5-8,14,17H,1,9-11H2,2-4H3/t14-,19-/m0/s1. The summed E-state index contributed by atoms with van der Waals surface area (Å²) in [5.74, 6) is 0. The number of fused-ring (bicyclic) bond motifs is 1. The van der Waals surface area contributed by atoms with E-state index in [4.69, 9.17) is 0 Å². The number of rotatable bonds is 2. The highest BCUT2D eigenvalue weighted by atomic mass is 32.2. The largest absolute Gasteiger partial charge is 0.242 e. The van der Waals surface area contributed by atoms with Gasteiger partial charge in [-0.25, -0.2) is 8.93 Å². The Hall–Kier alpha value is -0.930. The maximum Gasteiger partial charge on any atom is 0.0972 e. The lowest BCUT2D eigenvalue weighted by Gasteiger charge is -2.23. The zero-order valence-electron chi connectivity index (χ0n) is 12.0. The summed E-state index contributed by atoms with van der Waals surface area (Å²) in [6, 6.07) is 8.70. The highest BCUT2D eigenvalue weighted by Crippen LogP contribution is 2.28. The Balaban J connectivity index is 2.10. The summed E-state index contributed by atoms with van der Waals surface area (Å²) in [6.07, 6.45) is 2.91. The highest BCUT2D eigenvalue weighted by molar-refractivity contribution is 7.84. The van der Waals surface area contributed by atoms with Gasteiger partial charge in [0.25, 0.3) is 0 Å². The number of hydrogen-bond acceptors (Lipinski definition) is 1. The van der Waals surface area contributed by atoms with E-state index >= 15 is 0 Å². The molecule has 1 aliphatic carbocycles. The lowest BCUT2D eigenvalue weighted by atomic mass is 10.00. The van der Waals surface area contributed by atoms with Crippen LogP contribution < -0.4 is 4.72 Å². The number of hydrogen-bond donors (Lipinski definition) is 1. The molecule has 1 aliphatic rings. The van der Waals surface area contributed by atoms with Gasteiger partial charge in [0.15, 0.2) is 0 Å². The molecule has 0 heterocycles. The van der Waals surface area contributed by atoms with Crippen LogP contribution in [0.5, 0.6) is 0 Å². The van der Waals surface area contributed by atoms with Gasteiger partial charge in [-0.3, -0.25) is 0 Å². The first-order valence-corrected chi connectivity index (χ1v) is 7.97. The molecule has 2 atom stereocenters. The molecule has 104 valence electrons. The second-order valence-electron chi connectivity index (χ2n) is 6.20. The molecule has 0 fully saturated rings. The van der Waals surface area contributed by atoms with Crippen LogP contribution in [-0.2, 0) is 17.4 Å². The molecule has 1 N–H and O–H groups in total. The smallest absolute Gasteiger partial charge is 0.0972 e. The van der Waals surface area contributed by atoms with Crippen LogP contribution in [0.2, 0.25) is 0 Å². The highest BCUT2D eigenvalue weighted by Gasteiger charge is 2.25. The fourth-order valence-corrected chi connectivity index (χ4v) is 3.21. The van der Waals surface area contributed by atoms with Crippen LogP contribution in [-0.4, -0.2) is 15.0 Å². The van der Waals surface area contributed by atoms with Crippen LogP contribution in [0.3, 0.4) is 0 Å². The number of nitrogens with one attached hydrogen (secondary N) is 1. The minimum absolute atomic E-state index is 0.222. The second kappa shape index (κ2) is 5.59. The Labute approximate surface area is 118 Å². The predicted octanol–water partition coefficient (Wildman–Crippen LogP) is 3.46. The Morgan fingerprint density at radius 2 is 2.00 bits per heavy atom. The van der Waals surface area contributed by atoms with Crippen LogP contribution in [0.15, 0.2) is 30.8 Å². The van der Waals surface area contributed by atoms with Gasteiger partial charge in [-0.05, 0) is 56.7 Å². The lowest BCUT2D eigenvalue weighted by molar-refractivity contribution is 0.564. The molecule has 0 amide bonds. The van der Waals surface area contributed by atoms with E-state index < -0.39 is 11.0 Å². The second-order valence-corrected chi connectivity index (χ2v) is 8.20. The lowest BCUT2D eigenvalue weighted by Crippen LogP contribution is -2.39. The van der Waals surface area contributed by atoms with Crippen molar-refractivity contribution in [1.82, 2.24) is 4.72 Å². The fraction of sp³-hybridized carbons (Fsp3) is 0.500. The first kappa shape index (κ1) is 14.5. The van der Waals surface area contributed by atoms with Crippen LogP contribution in [0.25, 0.3) is 5.57 Å². The van der Waals surface area contributed by atoms with E-state index in [1.807, 2.05) is 20.8 Å². The molecule has 3 heteroatoms. The Morgan fingerprint density at radius 1 is 1.32 bits per heavy atom. The van der Waals surface area contributed by atoms with Crippen molar-refractivity contribution in [2.75, 3.05) is 0 Å². The summed E-state index contributed by atoms with van der Waals surface area (Å²) < 4.78 is 15.2. The van der Waals surface area contributed by atoms with Gasteiger partial charge in [-0.1, -0.05) is 30.8 Å². The molecule has 0 aliphatic heterocycles. The van der Waals surface area contributed by atoms with E-state index in [1.165, 1.54) is 11.1 Å². The van der Waals surface area contributed by atoms with Crippen molar-refractivity contribution >= 4 is 16.6 Å². The van der Waals surface area contributed by atoms with Crippen LogP contribution in [0, 0.1) is 0 Å². The van der Waals surface area contributed by atoms with E-state index in [0.717, 1.165) is 24.8 Å². The quantitative estimate of drug-likeness (QED) is 0.824. The number of aryl methyl sites for hydroxylation is 1. The van der Waals surface area contributed by atoms with Crippen molar-refractivity contribution in [3.8, 4) is 0 Å². The first-order valence-electron chi connectivity index (χ1n) is 6.82. The van der Waals surface area contributed by atoms with Crippen molar-refractivity contribution in [2.24, 2.45) is 0 Å². The van der Waals surface area contributed by atoms with Gasteiger partial charge in [0.05, 0.1) is 15.7 Å². The minimum atomic E-state index is -1.01. The van der Waals surface area contributed by atoms with Crippen molar-refractivity contribution < 1.29 is 4.21 Å². The summed E-state index contributed by atoms with van der Waals surface area (Å²) in [4.78, 5) is 0. The molecule has 2 rings (SSSR count). The fourth-order valence-electron chi connectivity index (χ4n) is 2.35. The van der Waals surface area contributed by atoms with Crippen LogP contribution in [0.1, 0.15) is 44.7 Å². The molecular weight excluding hydrogens is 254 g/mol. The molecule has 0 spiro atoms. The molecule has 0 aromatic heterocycles. The van der Waals surface area contributed by atoms with E-state index in [9.17, 15) is 4.21 Å². The van der Waals surface area contributed by atoms with Gasteiger partial charge in [-0.2, -0.15) is 0 Å². The van der Waals surface area contributed by atoms with Crippen molar-refractivity contribution in [1.29, 1.82) is 0 Å². The molecule has 0 radical (unpaired) electrons. The summed E-state index contributed by atoms with van der Waals surface area (Å²) in [7, 11) is -1.01. The SMILES string of the molecule is C=C1C[C@@H](N[S@@](=O)C(C)(C)C)CCc2ccccc21. The van der Waals surface area contributed by atoms with E-state index in [0.29, 0.717) is 0 Å². The third-order valence-electron chi connectivity index (χ3n) is 3.48. The third-order valence-corrected chi connectivity index (χ3v) is 5.14. The van der Waals surface area contributed by atoms with Crippen LogP contribution in [0.4, 0.5) is 0 Å². The van der Waals surface area contributed by atoms with Gasteiger partial charge in [0.1, 0.15) is 0 Å². The minimum Gasteiger partial charge on any atom is -0.242 e. The molecule has 0 unspecified atom stereocenters. The first-order chi connectivity index (χ1) is 8.88. The Bertz CT molecular complexity index is 502. The van der Waals surface area contributed by atoms with Gasteiger partial charge in [0, 0.05) is 6.04 Å². The van der Waals surface area contributed by atoms with Crippen molar-refractivity contribution in [3.05, 3.63) is 42.0 Å². The summed E-state index contributed by atoms with van der Waals surface area (Å²) in [6.45, 7) is 10.2. The normalized spacial score (nSPS) is 21.6. The predicted molar refractivity (Wildman–Crippen MR) is 83.2 cm³/mol. The topological polar surface area (TPSA) is 29.1 Å². The molecule has 0 bridgehead atoms. The molecule has 1 aromatic rings. The van der Waals surface area contributed by atoms with Crippen molar-refractivity contribution in [3.63, 3.8) is 0 Å². The van der Waals surface area contributed by atoms with Gasteiger partial charge in [0.2, 0.25) is 0 Å². The maximum atomic E-state index is 12.2. The molecular formula is C16H23NOS. The average molecular weight is 277 g/mol.